The summed E-state index contributed by atoms with van der Waals surface area (Å²) in [5.41, 5.74) is 2.20. The lowest BCUT2D eigenvalue weighted by molar-refractivity contribution is -0.132. The van der Waals surface area contributed by atoms with Gasteiger partial charge in [-0.05, 0) is 24.3 Å². The van der Waals surface area contributed by atoms with Crippen molar-refractivity contribution in [3.8, 4) is 22.6 Å². The van der Waals surface area contributed by atoms with E-state index in [0.29, 0.717) is 49.2 Å². The third-order valence-corrected chi connectivity index (χ3v) is 6.09. The number of carbonyl (C=O) groups is 1. The Morgan fingerprint density at radius 3 is 2.38 bits per heavy atom. The molecule has 172 valence electrons. The van der Waals surface area contributed by atoms with Gasteiger partial charge in [0.2, 0.25) is 11.9 Å². The lowest BCUT2D eigenvalue weighted by Crippen LogP contribution is -2.50. The number of hydrogen-bond donors (Lipinski definition) is 0. The molecule has 0 bridgehead atoms. The van der Waals surface area contributed by atoms with Gasteiger partial charge in [-0.3, -0.25) is 4.79 Å². The maximum Gasteiger partial charge on any atom is 0.242 e. The zero-order valence-electron chi connectivity index (χ0n) is 18.3. The fourth-order valence-corrected chi connectivity index (χ4v) is 4.19. The van der Waals surface area contributed by atoms with E-state index in [0.717, 1.165) is 5.56 Å². The number of amides is 1. The highest BCUT2D eigenvalue weighted by atomic mass is 35.5. The Kier molecular flexibility index (Phi) is 6.22. The number of piperazine rings is 1. The SMILES string of the molecule is O=C(Cn1cc(-c2ccc(F)c(Cl)c2)nc1-c1ccccc1)N1CCN(c2ncccn2)CC1. The van der Waals surface area contributed by atoms with Gasteiger partial charge in [0.25, 0.3) is 0 Å². The van der Waals surface area contributed by atoms with Gasteiger partial charge in [0, 0.05) is 55.9 Å². The number of imidazole rings is 1. The summed E-state index contributed by atoms with van der Waals surface area (Å²) in [4.78, 5) is 30.5. The second kappa shape index (κ2) is 9.61. The summed E-state index contributed by atoms with van der Waals surface area (Å²) in [6.07, 6.45) is 5.25. The first kappa shape index (κ1) is 22.0. The average Bonchev–Trinajstić information content (AvgIpc) is 3.30. The fourth-order valence-electron chi connectivity index (χ4n) is 4.00. The van der Waals surface area contributed by atoms with Gasteiger partial charge < -0.3 is 14.4 Å². The molecule has 9 heteroatoms. The Balaban J connectivity index is 1.36. The zero-order chi connectivity index (χ0) is 23.5. The van der Waals surface area contributed by atoms with E-state index in [1.165, 1.54) is 6.07 Å². The molecule has 1 aliphatic rings. The maximum atomic E-state index is 13.7. The molecule has 0 spiro atoms. The molecule has 0 saturated carbocycles. The van der Waals surface area contributed by atoms with Gasteiger partial charge in [-0.25, -0.2) is 19.3 Å². The van der Waals surface area contributed by atoms with E-state index in [1.807, 2.05) is 46.0 Å². The van der Waals surface area contributed by atoms with Crippen LogP contribution in [0.25, 0.3) is 22.6 Å². The highest BCUT2D eigenvalue weighted by Crippen LogP contribution is 2.28. The lowest BCUT2D eigenvalue weighted by atomic mass is 10.2. The molecule has 1 fully saturated rings. The van der Waals surface area contributed by atoms with E-state index < -0.39 is 5.82 Å². The van der Waals surface area contributed by atoms with Crippen LogP contribution in [-0.2, 0) is 11.3 Å². The third-order valence-electron chi connectivity index (χ3n) is 5.80. The largest absolute Gasteiger partial charge is 0.338 e. The molecule has 1 saturated heterocycles. The minimum atomic E-state index is -0.483. The van der Waals surface area contributed by atoms with Crippen molar-refractivity contribution in [2.75, 3.05) is 31.1 Å². The second-order valence-electron chi connectivity index (χ2n) is 7.99. The van der Waals surface area contributed by atoms with Gasteiger partial charge >= 0.3 is 0 Å². The normalized spacial score (nSPS) is 13.8. The maximum absolute atomic E-state index is 13.7. The van der Waals surface area contributed by atoms with Crippen LogP contribution in [0.1, 0.15) is 0 Å². The molecule has 1 amide bonds. The number of nitrogens with zero attached hydrogens (tertiary/aromatic N) is 6. The first-order valence-electron chi connectivity index (χ1n) is 11.0. The topological polar surface area (TPSA) is 67.2 Å². The molecular formula is C25H22ClFN6O. The summed E-state index contributed by atoms with van der Waals surface area (Å²) in [5, 5.41) is 0.0321. The summed E-state index contributed by atoms with van der Waals surface area (Å²) >= 11 is 5.99. The monoisotopic (exact) mass is 476 g/mol. The van der Waals surface area contributed by atoms with Crippen molar-refractivity contribution < 1.29 is 9.18 Å². The minimum Gasteiger partial charge on any atom is -0.338 e. The van der Waals surface area contributed by atoms with E-state index in [-0.39, 0.29) is 17.5 Å². The molecule has 2 aromatic heterocycles. The molecule has 7 nitrogen and oxygen atoms in total. The molecule has 1 aliphatic heterocycles. The molecule has 0 atom stereocenters. The molecule has 0 N–H and O–H groups in total. The van der Waals surface area contributed by atoms with Crippen LogP contribution in [-0.4, -0.2) is 56.5 Å². The lowest BCUT2D eigenvalue weighted by Gasteiger charge is -2.34. The van der Waals surface area contributed by atoms with Crippen LogP contribution in [0, 0.1) is 5.82 Å². The first-order valence-corrected chi connectivity index (χ1v) is 11.3. The predicted molar refractivity (Wildman–Crippen MR) is 129 cm³/mol. The van der Waals surface area contributed by atoms with Crippen LogP contribution >= 0.6 is 11.6 Å². The Labute approximate surface area is 201 Å². The summed E-state index contributed by atoms with van der Waals surface area (Å²) < 4.78 is 15.5. The van der Waals surface area contributed by atoms with E-state index in [1.54, 1.807) is 30.6 Å². The highest BCUT2D eigenvalue weighted by molar-refractivity contribution is 6.31. The molecule has 4 aromatic rings. The van der Waals surface area contributed by atoms with Gasteiger partial charge in [0.15, 0.2) is 0 Å². The average molecular weight is 477 g/mol. The van der Waals surface area contributed by atoms with Crippen LogP contribution < -0.4 is 4.90 Å². The zero-order valence-corrected chi connectivity index (χ0v) is 19.1. The number of hydrogen-bond acceptors (Lipinski definition) is 5. The van der Waals surface area contributed by atoms with E-state index in [2.05, 4.69) is 14.9 Å². The van der Waals surface area contributed by atoms with Gasteiger partial charge in [-0.2, -0.15) is 0 Å². The van der Waals surface area contributed by atoms with Gasteiger partial charge in [0.1, 0.15) is 18.2 Å². The number of carbonyl (C=O) groups excluding carboxylic acids is 1. The quantitative estimate of drug-likeness (QED) is 0.433. The predicted octanol–water partition coefficient (Wildman–Crippen LogP) is 4.15. The fraction of sp³-hybridized carbons (Fsp3) is 0.200. The molecule has 3 heterocycles. The van der Waals surface area contributed by atoms with Crippen molar-refractivity contribution in [3.63, 3.8) is 0 Å². The van der Waals surface area contributed by atoms with Crippen LogP contribution in [0.4, 0.5) is 10.3 Å². The number of aromatic nitrogens is 4. The van der Waals surface area contributed by atoms with Crippen molar-refractivity contribution in [1.82, 2.24) is 24.4 Å². The van der Waals surface area contributed by atoms with E-state index in [9.17, 15) is 9.18 Å². The number of benzene rings is 2. The third kappa shape index (κ3) is 4.63. The molecule has 0 unspecified atom stereocenters. The van der Waals surface area contributed by atoms with E-state index >= 15 is 0 Å². The molecular weight excluding hydrogens is 455 g/mol. The van der Waals surface area contributed by atoms with Crippen molar-refractivity contribution in [2.24, 2.45) is 0 Å². The first-order chi connectivity index (χ1) is 16.6. The van der Waals surface area contributed by atoms with Crippen LogP contribution in [0.5, 0.6) is 0 Å². The Morgan fingerprint density at radius 2 is 1.68 bits per heavy atom. The van der Waals surface area contributed by atoms with Gasteiger partial charge in [0.05, 0.1) is 10.7 Å². The molecule has 0 radical (unpaired) electrons. The summed E-state index contributed by atoms with van der Waals surface area (Å²) in [7, 11) is 0. The van der Waals surface area contributed by atoms with Crippen molar-refractivity contribution in [2.45, 2.75) is 6.54 Å². The summed E-state index contributed by atoms with van der Waals surface area (Å²) in [6, 6.07) is 16.0. The minimum absolute atomic E-state index is 0.00639. The van der Waals surface area contributed by atoms with Crippen molar-refractivity contribution in [1.29, 1.82) is 0 Å². The van der Waals surface area contributed by atoms with Gasteiger partial charge in [-0.15, -0.1) is 0 Å². The Morgan fingerprint density at radius 1 is 0.941 bits per heavy atom. The smallest absolute Gasteiger partial charge is 0.242 e. The summed E-state index contributed by atoms with van der Waals surface area (Å²) in [6.45, 7) is 2.67. The Bertz CT molecular complexity index is 1290. The molecule has 34 heavy (non-hydrogen) atoms. The van der Waals surface area contributed by atoms with Gasteiger partial charge in [-0.1, -0.05) is 41.9 Å². The van der Waals surface area contributed by atoms with Crippen molar-refractivity contribution >= 4 is 23.5 Å². The van der Waals surface area contributed by atoms with E-state index in [4.69, 9.17) is 16.6 Å². The number of halogens is 2. The molecule has 2 aromatic carbocycles. The highest BCUT2D eigenvalue weighted by Gasteiger charge is 2.24. The summed E-state index contributed by atoms with van der Waals surface area (Å²) in [5.74, 6) is 0.870. The number of anilines is 1. The van der Waals surface area contributed by atoms with Crippen LogP contribution in [0.3, 0.4) is 0 Å². The molecule has 0 aliphatic carbocycles. The van der Waals surface area contributed by atoms with Crippen LogP contribution in [0.2, 0.25) is 5.02 Å². The standard InChI is InChI=1S/C25H22ClFN6O/c26-20-15-19(7-8-21(20)27)22-16-33(24(30-22)18-5-2-1-3-6-18)17-23(34)31-11-13-32(14-12-31)25-28-9-4-10-29-25/h1-10,15-16H,11-14,17H2. The second-order valence-corrected chi connectivity index (χ2v) is 8.40. The van der Waals surface area contributed by atoms with Crippen LogP contribution in [0.15, 0.2) is 73.2 Å². The van der Waals surface area contributed by atoms with Crippen molar-refractivity contribution in [3.05, 3.63) is 84.0 Å². The molecule has 5 rings (SSSR count). The Hall–Kier alpha value is -3.78. The number of rotatable bonds is 5.